The zero-order valence-corrected chi connectivity index (χ0v) is 13.4. The second kappa shape index (κ2) is 6.10. The van der Waals surface area contributed by atoms with Crippen LogP contribution >= 0.6 is 23.8 Å². The van der Waals surface area contributed by atoms with Crippen LogP contribution in [-0.4, -0.2) is 29.9 Å². The molecule has 1 aromatic rings. The first-order valence-corrected chi connectivity index (χ1v) is 7.56. The molecular formula is C15H19ClN2OS. The van der Waals surface area contributed by atoms with Crippen molar-refractivity contribution in [3.05, 3.63) is 34.9 Å². The van der Waals surface area contributed by atoms with Gasteiger partial charge in [-0.05, 0) is 37.5 Å². The third-order valence-corrected chi connectivity index (χ3v) is 4.87. The summed E-state index contributed by atoms with van der Waals surface area (Å²) < 4.78 is 0. The lowest BCUT2D eigenvalue weighted by atomic mass is 9.74. The highest BCUT2D eigenvalue weighted by Gasteiger charge is 2.46. The van der Waals surface area contributed by atoms with Gasteiger partial charge in [-0.1, -0.05) is 29.8 Å². The Hall–Kier alpha value is -1.13. The molecule has 1 saturated carbocycles. The molecule has 0 heterocycles. The number of carbonyl (C=O) groups is 1. The second-order valence-corrected chi connectivity index (χ2v) is 5.88. The maximum absolute atomic E-state index is 12.7. The standard InChI is InChI=1S/C15H19ClN2OS/c1-17-14(20)18(2)15(10-6-5-9-13(15)19)11-7-3-4-8-12(11)16/h3-4,7-8H,5-6,9-10H2,1-2H3,(H,17,20)/t15-/m1/s1. The highest BCUT2D eigenvalue weighted by Crippen LogP contribution is 2.42. The minimum absolute atomic E-state index is 0.192. The van der Waals surface area contributed by atoms with Crippen LogP contribution in [0.15, 0.2) is 24.3 Å². The molecule has 0 spiro atoms. The van der Waals surface area contributed by atoms with E-state index in [1.165, 1.54) is 0 Å². The van der Waals surface area contributed by atoms with Gasteiger partial charge in [0.15, 0.2) is 10.9 Å². The van der Waals surface area contributed by atoms with Crippen molar-refractivity contribution in [3.8, 4) is 0 Å². The van der Waals surface area contributed by atoms with E-state index in [9.17, 15) is 4.79 Å². The highest BCUT2D eigenvalue weighted by atomic mass is 35.5. The summed E-state index contributed by atoms with van der Waals surface area (Å²) in [6, 6.07) is 7.56. The van der Waals surface area contributed by atoms with Gasteiger partial charge in [0, 0.05) is 31.1 Å². The van der Waals surface area contributed by atoms with Gasteiger partial charge in [-0.2, -0.15) is 0 Å². The molecule has 0 radical (unpaired) electrons. The van der Waals surface area contributed by atoms with Crippen LogP contribution in [0.25, 0.3) is 0 Å². The quantitative estimate of drug-likeness (QED) is 0.851. The molecule has 0 bridgehead atoms. The maximum atomic E-state index is 12.7. The number of likely N-dealkylation sites (N-methyl/N-ethyl adjacent to an activating group) is 1. The van der Waals surface area contributed by atoms with Crippen LogP contribution in [0.4, 0.5) is 0 Å². The number of hydrogen-bond donors (Lipinski definition) is 1. The van der Waals surface area contributed by atoms with E-state index in [0.29, 0.717) is 16.6 Å². The molecule has 1 fully saturated rings. The molecule has 0 aromatic heterocycles. The van der Waals surface area contributed by atoms with Crippen molar-refractivity contribution in [2.45, 2.75) is 31.2 Å². The summed E-state index contributed by atoms with van der Waals surface area (Å²) in [4.78, 5) is 14.6. The molecule has 1 aliphatic rings. The van der Waals surface area contributed by atoms with Crippen LogP contribution in [0.5, 0.6) is 0 Å². The molecule has 5 heteroatoms. The smallest absolute Gasteiger partial charge is 0.169 e. The average molecular weight is 311 g/mol. The van der Waals surface area contributed by atoms with Gasteiger partial charge < -0.3 is 10.2 Å². The number of ketones is 1. The largest absolute Gasteiger partial charge is 0.366 e. The van der Waals surface area contributed by atoms with Crippen molar-refractivity contribution in [2.75, 3.05) is 14.1 Å². The molecule has 0 unspecified atom stereocenters. The number of halogens is 1. The summed E-state index contributed by atoms with van der Waals surface area (Å²) in [7, 11) is 3.64. The Bertz CT molecular complexity index is 534. The topological polar surface area (TPSA) is 32.3 Å². The van der Waals surface area contributed by atoms with Gasteiger partial charge >= 0.3 is 0 Å². The third-order valence-electron chi connectivity index (χ3n) is 4.06. The molecule has 0 amide bonds. The summed E-state index contributed by atoms with van der Waals surface area (Å²) in [6.07, 6.45) is 3.24. The lowest BCUT2D eigenvalue weighted by Gasteiger charge is -2.44. The number of nitrogens with one attached hydrogen (secondary N) is 1. The Morgan fingerprint density at radius 2 is 2.10 bits per heavy atom. The number of rotatable bonds is 2. The molecule has 1 atom stereocenters. The maximum Gasteiger partial charge on any atom is 0.169 e. The number of thiocarbonyl (C=S) groups is 1. The monoisotopic (exact) mass is 310 g/mol. The normalized spacial score (nSPS) is 22.4. The van der Waals surface area contributed by atoms with Crippen molar-refractivity contribution in [3.63, 3.8) is 0 Å². The zero-order valence-electron chi connectivity index (χ0n) is 11.8. The zero-order chi connectivity index (χ0) is 14.8. The van der Waals surface area contributed by atoms with E-state index in [4.69, 9.17) is 23.8 Å². The summed E-state index contributed by atoms with van der Waals surface area (Å²) in [6.45, 7) is 0. The van der Waals surface area contributed by atoms with Crippen molar-refractivity contribution in [2.24, 2.45) is 0 Å². The minimum atomic E-state index is -0.739. The van der Waals surface area contributed by atoms with Gasteiger partial charge in [-0.15, -0.1) is 0 Å². The highest BCUT2D eigenvalue weighted by molar-refractivity contribution is 7.80. The predicted molar refractivity (Wildman–Crippen MR) is 86.0 cm³/mol. The Labute approximate surface area is 130 Å². The third kappa shape index (κ3) is 2.42. The first-order chi connectivity index (χ1) is 9.54. The fourth-order valence-electron chi connectivity index (χ4n) is 2.97. The van der Waals surface area contributed by atoms with E-state index < -0.39 is 5.54 Å². The van der Waals surface area contributed by atoms with Gasteiger partial charge in [0.25, 0.3) is 0 Å². The van der Waals surface area contributed by atoms with E-state index >= 15 is 0 Å². The van der Waals surface area contributed by atoms with Crippen LogP contribution in [0.2, 0.25) is 5.02 Å². The molecular weight excluding hydrogens is 292 g/mol. The summed E-state index contributed by atoms with van der Waals surface area (Å²) in [5.41, 5.74) is 0.114. The van der Waals surface area contributed by atoms with Crippen LogP contribution < -0.4 is 5.32 Å². The molecule has 0 saturated heterocycles. The van der Waals surface area contributed by atoms with Crippen LogP contribution in [0.3, 0.4) is 0 Å². The minimum Gasteiger partial charge on any atom is -0.366 e. The van der Waals surface area contributed by atoms with Crippen LogP contribution in [0, 0.1) is 0 Å². The molecule has 0 aliphatic heterocycles. The SMILES string of the molecule is CNC(=S)N(C)[C@@]1(c2ccccc2Cl)CCCCC1=O. The first-order valence-electron chi connectivity index (χ1n) is 6.78. The van der Waals surface area contributed by atoms with Gasteiger partial charge in [-0.25, -0.2) is 0 Å². The number of nitrogens with zero attached hydrogens (tertiary/aromatic N) is 1. The van der Waals surface area contributed by atoms with E-state index in [1.807, 2.05) is 36.2 Å². The summed E-state index contributed by atoms with van der Waals surface area (Å²) in [5.74, 6) is 0.192. The number of carbonyl (C=O) groups excluding carboxylic acids is 1. The molecule has 1 N–H and O–H groups in total. The Morgan fingerprint density at radius 1 is 1.40 bits per heavy atom. The van der Waals surface area contributed by atoms with E-state index in [0.717, 1.165) is 24.8 Å². The number of benzene rings is 1. The fraction of sp³-hybridized carbons (Fsp3) is 0.467. The number of hydrogen-bond acceptors (Lipinski definition) is 2. The van der Waals surface area contributed by atoms with E-state index in [1.54, 1.807) is 7.05 Å². The van der Waals surface area contributed by atoms with Crippen molar-refractivity contribution in [1.82, 2.24) is 10.2 Å². The van der Waals surface area contributed by atoms with Gasteiger partial charge in [-0.3, -0.25) is 4.79 Å². The predicted octanol–water partition coefficient (Wildman–Crippen LogP) is 3.11. The molecule has 3 nitrogen and oxygen atoms in total. The van der Waals surface area contributed by atoms with Gasteiger partial charge in [0.2, 0.25) is 0 Å². The van der Waals surface area contributed by atoms with E-state index in [-0.39, 0.29) is 5.78 Å². The van der Waals surface area contributed by atoms with Crippen molar-refractivity contribution >= 4 is 34.7 Å². The van der Waals surface area contributed by atoms with Gasteiger partial charge in [0.1, 0.15) is 5.54 Å². The second-order valence-electron chi connectivity index (χ2n) is 5.08. The molecule has 2 rings (SSSR count). The van der Waals surface area contributed by atoms with Crippen LogP contribution in [0.1, 0.15) is 31.2 Å². The van der Waals surface area contributed by atoms with Crippen molar-refractivity contribution in [1.29, 1.82) is 0 Å². The fourth-order valence-corrected chi connectivity index (χ4v) is 3.42. The Balaban J connectivity index is 2.58. The molecule has 1 aliphatic carbocycles. The summed E-state index contributed by atoms with van der Waals surface area (Å²) in [5, 5.41) is 4.13. The lowest BCUT2D eigenvalue weighted by Crippen LogP contribution is -2.56. The average Bonchev–Trinajstić information content (AvgIpc) is 2.47. The molecule has 1 aromatic carbocycles. The Kier molecular flexibility index (Phi) is 4.66. The molecule has 108 valence electrons. The molecule has 20 heavy (non-hydrogen) atoms. The van der Waals surface area contributed by atoms with E-state index in [2.05, 4.69) is 5.32 Å². The Morgan fingerprint density at radius 3 is 2.70 bits per heavy atom. The van der Waals surface area contributed by atoms with Crippen molar-refractivity contribution < 1.29 is 4.79 Å². The lowest BCUT2D eigenvalue weighted by molar-refractivity contribution is -0.131. The summed E-state index contributed by atoms with van der Waals surface area (Å²) >= 11 is 11.7. The first kappa shape index (κ1) is 15.3. The van der Waals surface area contributed by atoms with Crippen LogP contribution in [-0.2, 0) is 10.3 Å². The van der Waals surface area contributed by atoms with Gasteiger partial charge in [0.05, 0.1) is 0 Å². The number of Topliss-reactive ketones (excluding diaryl/α,β-unsaturated/α-hetero) is 1.